The lowest BCUT2D eigenvalue weighted by Crippen LogP contribution is -2.31. The van der Waals surface area contributed by atoms with Gasteiger partial charge < -0.3 is 20.5 Å². The van der Waals surface area contributed by atoms with Crippen molar-refractivity contribution in [2.75, 3.05) is 5.73 Å². The lowest BCUT2D eigenvalue weighted by atomic mass is 10.0. The highest BCUT2D eigenvalue weighted by atomic mass is 32.2. The molecule has 1 saturated heterocycles. The molecule has 0 unspecified atom stereocenters. The van der Waals surface area contributed by atoms with E-state index in [4.69, 9.17) is 5.73 Å². The molecule has 33 heavy (non-hydrogen) atoms. The number of nitrogens with two attached hydrogens (primary N) is 1. The number of alkyl halides is 2. The Morgan fingerprint density at radius 2 is 1.97 bits per heavy atom. The van der Waals surface area contributed by atoms with Crippen LogP contribution in [0.2, 0.25) is 0 Å². The normalized spacial score (nSPS) is 23.2. The van der Waals surface area contributed by atoms with Gasteiger partial charge in [0.05, 0.1) is 22.9 Å². The molecule has 10 heteroatoms. The molecular formula is C23H23F2N5O2S. The Labute approximate surface area is 192 Å². The molecule has 0 saturated carbocycles. The Hall–Kier alpha value is -2.82. The summed E-state index contributed by atoms with van der Waals surface area (Å²) in [6.45, 7) is 1.91. The zero-order valence-corrected chi connectivity index (χ0v) is 18.6. The van der Waals surface area contributed by atoms with Crippen molar-refractivity contribution in [2.45, 2.75) is 49.0 Å². The molecule has 172 valence electrons. The number of halogens is 2. The molecule has 4 aromatic rings. The van der Waals surface area contributed by atoms with Crippen LogP contribution in [-0.4, -0.2) is 47.2 Å². The summed E-state index contributed by atoms with van der Waals surface area (Å²) in [7, 11) is 0. The van der Waals surface area contributed by atoms with Crippen LogP contribution in [0.15, 0.2) is 42.9 Å². The number of aryl methyl sites for hydroxylation is 2. The fraction of sp³-hybridized carbons (Fsp3) is 0.348. The number of nitrogen functional groups attached to an aromatic ring is 1. The van der Waals surface area contributed by atoms with Gasteiger partial charge in [0, 0.05) is 22.2 Å². The summed E-state index contributed by atoms with van der Waals surface area (Å²) >= 11 is 1.52. The van der Waals surface area contributed by atoms with Gasteiger partial charge in [-0.3, -0.25) is 0 Å². The number of benzene rings is 1. The van der Waals surface area contributed by atoms with Crippen LogP contribution in [0, 0.1) is 6.92 Å². The highest BCUT2D eigenvalue weighted by Gasteiger charge is 2.43. The lowest BCUT2D eigenvalue weighted by Gasteiger charge is -2.17. The monoisotopic (exact) mass is 471 g/mol. The summed E-state index contributed by atoms with van der Waals surface area (Å²) in [4.78, 5) is 12.7. The van der Waals surface area contributed by atoms with Gasteiger partial charge in [0.2, 0.25) is 0 Å². The van der Waals surface area contributed by atoms with Gasteiger partial charge in [-0.05, 0) is 43.5 Å². The van der Waals surface area contributed by atoms with Crippen molar-refractivity contribution in [3.05, 3.63) is 59.7 Å². The Bertz CT molecular complexity index is 1330. The van der Waals surface area contributed by atoms with Crippen molar-refractivity contribution in [3.8, 4) is 0 Å². The maximum atomic E-state index is 13.1. The maximum absolute atomic E-state index is 13.1. The maximum Gasteiger partial charge on any atom is 0.267 e. The Balaban J connectivity index is 1.33. The number of hydrogen-bond donors (Lipinski definition) is 3. The van der Waals surface area contributed by atoms with Crippen LogP contribution >= 0.6 is 11.8 Å². The first kappa shape index (κ1) is 22.0. The van der Waals surface area contributed by atoms with Crippen molar-refractivity contribution < 1.29 is 19.0 Å². The second-order valence-electron chi connectivity index (χ2n) is 8.29. The average molecular weight is 472 g/mol. The van der Waals surface area contributed by atoms with E-state index < -0.39 is 18.6 Å². The largest absolute Gasteiger partial charge is 0.389 e. The summed E-state index contributed by atoms with van der Waals surface area (Å²) in [6.07, 6.45) is 0.141. The molecule has 1 aliphatic rings. The number of nitrogens with zero attached hydrogens (tertiary/aromatic N) is 4. The van der Waals surface area contributed by atoms with Gasteiger partial charge in [0.1, 0.15) is 29.3 Å². The van der Waals surface area contributed by atoms with Crippen LogP contribution in [0.4, 0.5) is 14.6 Å². The lowest BCUT2D eigenvalue weighted by molar-refractivity contribution is 0.0176. The number of thioether (sulfide) groups is 1. The molecule has 0 amide bonds. The third-order valence-corrected chi connectivity index (χ3v) is 7.86. The van der Waals surface area contributed by atoms with Crippen molar-refractivity contribution in [1.29, 1.82) is 0 Å². The molecule has 4 atom stereocenters. The van der Waals surface area contributed by atoms with Crippen LogP contribution in [0.3, 0.4) is 0 Å². The number of aliphatic hydroxyl groups excluding tert-OH is 2. The van der Waals surface area contributed by atoms with E-state index in [9.17, 15) is 19.0 Å². The summed E-state index contributed by atoms with van der Waals surface area (Å²) in [6, 6.07) is 8.75. The van der Waals surface area contributed by atoms with E-state index in [-0.39, 0.29) is 22.0 Å². The van der Waals surface area contributed by atoms with E-state index in [1.807, 2.05) is 35.9 Å². The molecule has 4 heterocycles. The van der Waals surface area contributed by atoms with E-state index in [2.05, 4.69) is 15.0 Å². The fourth-order valence-electron chi connectivity index (χ4n) is 4.38. The zero-order chi connectivity index (χ0) is 23.3. The number of fused-ring (bicyclic) bond motifs is 2. The van der Waals surface area contributed by atoms with Gasteiger partial charge in [0.15, 0.2) is 0 Å². The van der Waals surface area contributed by atoms with E-state index in [1.54, 1.807) is 6.07 Å². The number of pyridine rings is 1. The zero-order valence-electron chi connectivity index (χ0n) is 17.8. The third kappa shape index (κ3) is 3.92. The molecule has 3 aromatic heterocycles. The smallest absolute Gasteiger partial charge is 0.267 e. The van der Waals surface area contributed by atoms with E-state index in [1.165, 1.54) is 24.2 Å². The van der Waals surface area contributed by atoms with Crippen molar-refractivity contribution >= 4 is 39.5 Å². The second-order valence-corrected chi connectivity index (χ2v) is 9.66. The van der Waals surface area contributed by atoms with Gasteiger partial charge in [-0.15, -0.1) is 11.8 Å². The number of anilines is 1. The minimum absolute atomic E-state index is 0.166. The Kier molecular flexibility index (Phi) is 5.67. The van der Waals surface area contributed by atoms with E-state index in [0.29, 0.717) is 23.7 Å². The molecule has 0 bridgehead atoms. The summed E-state index contributed by atoms with van der Waals surface area (Å²) in [5.74, 6) is -0.166. The van der Waals surface area contributed by atoms with Gasteiger partial charge in [-0.2, -0.15) is 0 Å². The molecule has 7 nitrogen and oxygen atoms in total. The van der Waals surface area contributed by atoms with Gasteiger partial charge in [-0.25, -0.2) is 23.7 Å². The molecule has 5 rings (SSSR count). The van der Waals surface area contributed by atoms with Crippen molar-refractivity contribution in [2.24, 2.45) is 0 Å². The van der Waals surface area contributed by atoms with E-state index >= 15 is 0 Å². The quantitative estimate of drug-likeness (QED) is 0.406. The highest BCUT2D eigenvalue weighted by molar-refractivity contribution is 8.00. The summed E-state index contributed by atoms with van der Waals surface area (Å²) in [5, 5.41) is 22.4. The first-order chi connectivity index (χ1) is 15.8. The second kappa shape index (κ2) is 8.51. The Morgan fingerprint density at radius 3 is 2.76 bits per heavy atom. The SMILES string of the molecule is Cc1ncnc2c1ccn2[C@@H]1S[C@@H](CCc2ccc3cc(C(F)F)c(N)nc3c2)[C@@H](O)[C@H]1O. The standard InChI is InChI=1S/C23H23F2N5O2S/c1-11-14-6-7-30(22(14)28-10-27-11)23-19(32)18(31)17(33-23)5-3-12-2-4-13-9-15(20(24)25)21(26)29-16(13)8-12/h2,4,6-10,17-20,23,31-32H,3,5H2,1H3,(H2,26,29)/t17-,18+,19+,23+/m0/s1. The average Bonchev–Trinajstić information content (AvgIpc) is 3.34. The predicted octanol–water partition coefficient (Wildman–Crippen LogP) is 3.78. The first-order valence-electron chi connectivity index (χ1n) is 10.6. The fourth-order valence-corrected chi connectivity index (χ4v) is 5.94. The third-order valence-electron chi connectivity index (χ3n) is 6.21. The van der Waals surface area contributed by atoms with Crippen molar-refractivity contribution in [3.63, 3.8) is 0 Å². The van der Waals surface area contributed by atoms with Crippen molar-refractivity contribution in [1.82, 2.24) is 19.5 Å². The van der Waals surface area contributed by atoms with Crippen LogP contribution in [0.1, 0.15) is 35.0 Å². The predicted molar refractivity (Wildman–Crippen MR) is 124 cm³/mol. The highest BCUT2D eigenvalue weighted by Crippen LogP contribution is 2.45. The molecular weight excluding hydrogens is 448 g/mol. The van der Waals surface area contributed by atoms with Crippen LogP contribution < -0.4 is 5.73 Å². The minimum atomic E-state index is -2.67. The molecule has 4 N–H and O–H groups in total. The molecule has 0 spiro atoms. The van der Waals surface area contributed by atoms with Crippen LogP contribution in [-0.2, 0) is 6.42 Å². The Morgan fingerprint density at radius 1 is 1.15 bits per heavy atom. The molecule has 0 aliphatic carbocycles. The molecule has 1 aliphatic heterocycles. The topological polar surface area (TPSA) is 110 Å². The summed E-state index contributed by atoms with van der Waals surface area (Å²) in [5.41, 5.74) is 8.53. The number of aliphatic hydroxyl groups is 2. The number of aromatic nitrogens is 4. The minimum Gasteiger partial charge on any atom is -0.389 e. The first-order valence-corrected chi connectivity index (χ1v) is 11.5. The molecule has 1 aromatic carbocycles. The van der Waals surface area contributed by atoms with Crippen LogP contribution in [0.25, 0.3) is 21.9 Å². The van der Waals surface area contributed by atoms with Crippen LogP contribution in [0.5, 0.6) is 0 Å². The number of rotatable bonds is 5. The summed E-state index contributed by atoms with van der Waals surface area (Å²) < 4.78 is 28.0. The molecule has 1 fully saturated rings. The molecule has 0 radical (unpaired) electrons. The number of hydrogen-bond acceptors (Lipinski definition) is 7. The van der Waals surface area contributed by atoms with Gasteiger partial charge >= 0.3 is 0 Å². The van der Waals surface area contributed by atoms with Gasteiger partial charge in [-0.1, -0.05) is 12.1 Å². The van der Waals surface area contributed by atoms with E-state index in [0.717, 1.165) is 22.3 Å². The van der Waals surface area contributed by atoms with Gasteiger partial charge in [0.25, 0.3) is 6.43 Å².